The Kier molecular flexibility index (Phi) is 3.36. The maximum Gasteiger partial charge on any atom is 0.281 e. The van der Waals surface area contributed by atoms with Crippen molar-refractivity contribution in [2.24, 2.45) is 0 Å². The second-order valence-electron chi connectivity index (χ2n) is 2.69. The van der Waals surface area contributed by atoms with E-state index in [-0.39, 0.29) is 5.69 Å². The average molecular weight is 204 g/mol. The third-order valence-electron chi connectivity index (χ3n) is 1.29. The normalized spacial score (nSPS) is 10.5. The Morgan fingerprint density at radius 1 is 1.77 bits per heavy atom. The molecule has 0 bridgehead atoms. The summed E-state index contributed by atoms with van der Waals surface area (Å²) in [6, 6.07) is 0. The first-order chi connectivity index (χ1) is 6.09. The van der Waals surface area contributed by atoms with E-state index >= 15 is 0 Å². The van der Waals surface area contributed by atoms with Crippen LogP contribution >= 0.6 is 11.3 Å². The van der Waals surface area contributed by atoms with Gasteiger partial charge in [-0.3, -0.25) is 0 Å². The third-order valence-corrected chi connectivity index (χ3v) is 2.11. The SMILES string of the molecule is C=C(C)CNc1nc(C(F)F)cs1. The van der Waals surface area contributed by atoms with E-state index in [0.29, 0.717) is 11.7 Å². The molecule has 0 atom stereocenters. The number of hydrogen-bond acceptors (Lipinski definition) is 3. The highest BCUT2D eigenvalue weighted by atomic mass is 32.1. The number of anilines is 1. The molecular weight excluding hydrogens is 194 g/mol. The van der Waals surface area contributed by atoms with E-state index in [4.69, 9.17) is 0 Å². The maximum atomic E-state index is 12.1. The van der Waals surface area contributed by atoms with Crippen LogP contribution in [0.1, 0.15) is 19.0 Å². The van der Waals surface area contributed by atoms with Crippen LogP contribution in [0.15, 0.2) is 17.5 Å². The maximum absolute atomic E-state index is 12.1. The summed E-state index contributed by atoms with van der Waals surface area (Å²) < 4.78 is 24.2. The summed E-state index contributed by atoms with van der Waals surface area (Å²) in [5, 5.41) is 4.76. The summed E-state index contributed by atoms with van der Waals surface area (Å²) in [5.41, 5.74) is 0.767. The minimum atomic E-state index is -2.49. The van der Waals surface area contributed by atoms with Crippen LogP contribution < -0.4 is 5.32 Å². The molecule has 0 aliphatic carbocycles. The van der Waals surface area contributed by atoms with Gasteiger partial charge in [-0.2, -0.15) is 0 Å². The van der Waals surface area contributed by atoms with Gasteiger partial charge < -0.3 is 5.32 Å². The number of nitrogens with one attached hydrogen (secondary N) is 1. The summed E-state index contributed by atoms with van der Waals surface area (Å²) in [4.78, 5) is 3.70. The van der Waals surface area contributed by atoms with Crippen LogP contribution in [0, 0.1) is 0 Å². The van der Waals surface area contributed by atoms with Gasteiger partial charge in [-0.05, 0) is 6.92 Å². The lowest BCUT2D eigenvalue weighted by molar-refractivity contribution is 0.147. The van der Waals surface area contributed by atoms with Crippen molar-refractivity contribution in [2.75, 3.05) is 11.9 Å². The summed E-state index contributed by atoms with van der Waals surface area (Å²) in [6.45, 7) is 6.10. The molecule has 2 nitrogen and oxygen atoms in total. The highest BCUT2D eigenvalue weighted by Gasteiger charge is 2.10. The van der Waals surface area contributed by atoms with E-state index < -0.39 is 6.43 Å². The highest BCUT2D eigenvalue weighted by Crippen LogP contribution is 2.23. The van der Waals surface area contributed by atoms with E-state index in [1.54, 1.807) is 0 Å². The van der Waals surface area contributed by atoms with Gasteiger partial charge in [-0.25, -0.2) is 13.8 Å². The van der Waals surface area contributed by atoms with Gasteiger partial charge in [-0.15, -0.1) is 11.3 Å². The van der Waals surface area contributed by atoms with Gasteiger partial charge >= 0.3 is 0 Å². The fraction of sp³-hybridized carbons (Fsp3) is 0.375. The van der Waals surface area contributed by atoms with Gasteiger partial charge in [0.05, 0.1) is 0 Å². The zero-order valence-corrected chi connectivity index (χ0v) is 8.00. The number of halogens is 2. The van der Waals surface area contributed by atoms with Crippen molar-refractivity contribution in [2.45, 2.75) is 13.3 Å². The van der Waals surface area contributed by atoms with Gasteiger partial charge in [0.25, 0.3) is 6.43 Å². The molecule has 0 aliphatic rings. The quantitative estimate of drug-likeness (QED) is 0.762. The first kappa shape index (κ1) is 10.1. The fourth-order valence-corrected chi connectivity index (χ4v) is 1.40. The molecular formula is C8H10F2N2S. The van der Waals surface area contributed by atoms with Crippen LogP contribution in [0.3, 0.4) is 0 Å². The fourth-order valence-electron chi connectivity index (χ4n) is 0.694. The molecule has 0 radical (unpaired) electrons. The summed E-state index contributed by atoms with van der Waals surface area (Å²) in [6.07, 6.45) is -2.49. The van der Waals surface area contributed by atoms with Crippen LogP contribution in [0.25, 0.3) is 0 Å². The lowest BCUT2D eigenvalue weighted by Crippen LogP contribution is -2.01. The third kappa shape index (κ3) is 3.10. The van der Waals surface area contributed by atoms with Crippen LogP contribution in [-0.4, -0.2) is 11.5 Å². The Balaban J connectivity index is 2.54. The van der Waals surface area contributed by atoms with Crippen LogP contribution in [0.4, 0.5) is 13.9 Å². The van der Waals surface area contributed by atoms with Crippen molar-refractivity contribution in [3.63, 3.8) is 0 Å². The van der Waals surface area contributed by atoms with E-state index in [9.17, 15) is 8.78 Å². The molecule has 0 saturated carbocycles. The van der Waals surface area contributed by atoms with E-state index in [0.717, 1.165) is 5.57 Å². The molecule has 0 aliphatic heterocycles. The molecule has 1 rings (SSSR count). The Labute approximate surface area is 79.3 Å². The average Bonchev–Trinajstić information content (AvgIpc) is 2.48. The minimum absolute atomic E-state index is 0.172. The van der Waals surface area contributed by atoms with E-state index in [1.165, 1.54) is 16.7 Å². The number of nitrogens with zero attached hydrogens (tertiary/aromatic N) is 1. The zero-order valence-electron chi connectivity index (χ0n) is 7.18. The topological polar surface area (TPSA) is 24.9 Å². The lowest BCUT2D eigenvalue weighted by Gasteiger charge is -1.99. The Bertz CT molecular complexity index is 296. The van der Waals surface area contributed by atoms with Crippen molar-refractivity contribution in [3.8, 4) is 0 Å². The summed E-state index contributed by atoms with van der Waals surface area (Å²) in [7, 11) is 0. The largest absolute Gasteiger partial charge is 0.358 e. The molecule has 0 amide bonds. The Morgan fingerprint density at radius 3 is 2.92 bits per heavy atom. The molecule has 1 aromatic rings. The number of hydrogen-bond donors (Lipinski definition) is 1. The number of aromatic nitrogens is 1. The standard InChI is InChI=1S/C8H10F2N2S/c1-5(2)3-11-8-12-6(4-13-8)7(9)10/h4,7H,1,3H2,2H3,(H,11,12). The Hall–Kier alpha value is -0.970. The number of rotatable bonds is 4. The summed E-state index contributed by atoms with van der Waals surface area (Å²) in [5.74, 6) is 0. The predicted octanol–water partition coefficient (Wildman–Crippen LogP) is 3.07. The van der Waals surface area contributed by atoms with Crippen LogP contribution in [0.5, 0.6) is 0 Å². The molecule has 0 spiro atoms. The molecule has 13 heavy (non-hydrogen) atoms. The van der Waals surface area contributed by atoms with Crippen LogP contribution in [0.2, 0.25) is 0 Å². The van der Waals surface area contributed by atoms with Crippen molar-refractivity contribution >= 4 is 16.5 Å². The van der Waals surface area contributed by atoms with E-state index in [2.05, 4.69) is 16.9 Å². The van der Waals surface area contributed by atoms with Gasteiger partial charge in [-0.1, -0.05) is 12.2 Å². The van der Waals surface area contributed by atoms with Gasteiger partial charge in [0, 0.05) is 11.9 Å². The Morgan fingerprint density at radius 2 is 2.46 bits per heavy atom. The van der Waals surface area contributed by atoms with Crippen molar-refractivity contribution < 1.29 is 8.78 Å². The molecule has 0 fully saturated rings. The summed E-state index contributed by atoms with van der Waals surface area (Å²) >= 11 is 1.18. The minimum Gasteiger partial charge on any atom is -0.358 e. The predicted molar refractivity (Wildman–Crippen MR) is 50.4 cm³/mol. The molecule has 1 heterocycles. The van der Waals surface area contributed by atoms with Gasteiger partial charge in [0.15, 0.2) is 5.13 Å². The van der Waals surface area contributed by atoms with Crippen molar-refractivity contribution in [1.82, 2.24) is 4.98 Å². The second kappa shape index (κ2) is 4.32. The highest BCUT2D eigenvalue weighted by molar-refractivity contribution is 7.13. The van der Waals surface area contributed by atoms with Gasteiger partial charge in [0.2, 0.25) is 0 Å². The van der Waals surface area contributed by atoms with Crippen molar-refractivity contribution in [3.05, 3.63) is 23.2 Å². The van der Waals surface area contributed by atoms with Crippen molar-refractivity contribution in [1.29, 1.82) is 0 Å². The number of alkyl halides is 2. The van der Waals surface area contributed by atoms with E-state index in [1.807, 2.05) is 6.92 Å². The van der Waals surface area contributed by atoms with Gasteiger partial charge in [0.1, 0.15) is 5.69 Å². The first-order valence-electron chi connectivity index (χ1n) is 3.71. The zero-order chi connectivity index (χ0) is 9.84. The smallest absolute Gasteiger partial charge is 0.281 e. The number of thiazole rings is 1. The first-order valence-corrected chi connectivity index (χ1v) is 4.59. The monoisotopic (exact) mass is 204 g/mol. The molecule has 1 N–H and O–H groups in total. The molecule has 0 aromatic carbocycles. The molecule has 1 aromatic heterocycles. The second-order valence-corrected chi connectivity index (χ2v) is 3.55. The molecule has 0 saturated heterocycles. The molecule has 5 heteroatoms. The van der Waals surface area contributed by atoms with Crippen LogP contribution in [-0.2, 0) is 0 Å². The molecule has 0 unspecified atom stereocenters. The molecule has 72 valence electrons. The lowest BCUT2D eigenvalue weighted by atomic mass is 10.4.